The summed E-state index contributed by atoms with van der Waals surface area (Å²) in [5, 5.41) is 15.8. The molecule has 6 atom stereocenters. The smallest absolute Gasteiger partial charge is 0.248 e. The lowest BCUT2D eigenvalue weighted by atomic mass is 9.70. The number of anilines is 2. The fourth-order valence-corrected chi connectivity index (χ4v) is 9.39. The van der Waals surface area contributed by atoms with Gasteiger partial charge in [0, 0.05) is 22.3 Å². The molecule has 3 heterocycles. The highest BCUT2D eigenvalue weighted by atomic mass is 79.9. The molecule has 3 saturated heterocycles. The van der Waals surface area contributed by atoms with Crippen molar-refractivity contribution in [3.8, 4) is 0 Å². The van der Waals surface area contributed by atoms with Gasteiger partial charge in [-0.2, -0.15) is 0 Å². The third kappa shape index (κ3) is 3.73. The molecule has 3 unspecified atom stereocenters. The summed E-state index contributed by atoms with van der Waals surface area (Å²) in [5.41, 5.74) is 1.11. The van der Waals surface area contributed by atoms with Crippen LogP contribution in [-0.4, -0.2) is 61.7 Å². The molecular weight excluding hydrogens is 542 g/mol. The lowest BCUT2D eigenvalue weighted by Crippen LogP contribution is -2.53. The van der Waals surface area contributed by atoms with E-state index in [0.29, 0.717) is 22.8 Å². The van der Waals surface area contributed by atoms with Gasteiger partial charge in [-0.1, -0.05) is 57.9 Å². The normalized spacial score (nSPS) is 31.4. The number of hydrogen-bond acceptors (Lipinski definition) is 5. The van der Waals surface area contributed by atoms with Crippen LogP contribution in [0.25, 0.3) is 0 Å². The van der Waals surface area contributed by atoms with Crippen LogP contribution < -0.4 is 10.6 Å². The minimum Gasteiger partial charge on any atom is -0.395 e. The van der Waals surface area contributed by atoms with Gasteiger partial charge in [-0.3, -0.25) is 14.4 Å². The van der Waals surface area contributed by atoms with Gasteiger partial charge in [0.15, 0.2) is 0 Å². The molecule has 2 aromatic carbocycles. The van der Waals surface area contributed by atoms with Crippen molar-refractivity contribution in [1.29, 1.82) is 0 Å². The average molecular weight is 565 g/mol. The molecule has 3 N–H and O–H groups in total. The summed E-state index contributed by atoms with van der Waals surface area (Å²) in [5.74, 6) is -2.13. The van der Waals surface area contributed by atoms with Crippen molar-refractivity contribution in [2.45, 2.75) is 27.3 Å². The molecule has 3 aliphatic heterocycles. The van der Waals surface area contributed by atoms with E-state index in [9.17, 15) is 19.5 Å². The van der Waals surface area contributed by atoms with Crippen molar-refractivity contribution < 1.29 is 19.5 Å². The molecule has 10 heteroatoms. The van der Waals surface area contributed by atoms with Gasteiger partial charge in [-0.15, -0.1) is 11.8 Å². The largest absolute Gasteiger partial charge is 0.395 e. The van der Waals surface area contributed by atoms with Gasteiger partial charge in [0.25, 0.3) is 0 Å². The lowest BCUT2D eigenvalue weighted by Gasteiger charge is -2.35. The predicted molar refractivity (Wildman–Crippen MR) is 136 cm³/mol. The zero-order valence-electron chi connectivity index (χ0n) is 18.0. The van der Waals surface area contributed by atoms with Crippen molar-refractivity contribution in [2.24, 2.45) is 11.8 Å². The number of thioether (sulfide) groups is 1. The van der Waals surface area contributed by atoms with Crippen LogP contribution in [0.4, 0.5) is 11.4 Å². The van der Waals surface area contributed by atoms with Crippen LogP contribution in [0.1, 0.15) is 6.42 Å². The Morgan fingerprint density at radius 3 is 2.53 bits per heavy atom. The van der Waals surface area contributed by atoms with E-state index in [1.807, 2.05) is 18.2 Å². The number of nitrogens with one attached hydrogen (secondary N) is 2. The highest BCUT2D eigenvalue weighted by molar-refractivity contribution is 9.09. The first-order valence-corrected chi connectivity index (χ1v) is 13.2. The number of halogens is 2. The number of carbonyl (C=O) groups excluding carboxylic acids is 3. The number of amides is 3. The second-order valence-electron chi connectivity index (χ2n) is 8.74. The Hall–Kier alpha value is -2.07. The topological polar surface area (TPSA) is 98.7 Å². The summed E-state index contributed by atoms with van der Waals surface area (Å²) in [6.07, 6.45) is 0.566. The molecule has 2 aromatic rings. The molecule has 0 aliphatic carbocycles. The zero-order valence-corrected chi connectivity index (χ0v) is 21.1. The average Bonchev–Trinajstić information content (AvgIpc) is 3.40. The van der Waals surface area contributed by atoms with E-state index in [2.05, 4.69) is 26.6 Å². The number of carbonyl (C=O) groups is 3. The Bertz CT molecular complexity index is 1140. The third-order valence-electron chi connectivity index (χ3n) is 6.85. The monoisotopic (exact) mass is 563 g/mol. The van der Waals surface area contributed by atoms with E-state index in [4.69, 9.17) is 11.6 Å². The van der Waals surface area contributed by atoms with Gasteiger partial charge in [0.05, 0.1) is 33.9 Å². The minimum absolute atomic E-state index is 0.0168. The van der Waals surface area contributed by atoms with Crippen molar-refractivity contribution in [2.75, 3.05) is 23.8 Å². The van der Waals surface area contributed by atoms with Crippen LogP contribution in [0, 0.1) is 11.8 Å². The number of benzene rings is 2. The first-order valence-electron chi connectivity index (χ1n) is 11.0. The number of fused-ring (bicyclic) bond motifs is 1. The van der Waals surface area contributed by atoms with E-state index in [0.717, 1.165) is 0 Å². The molecule has 7 nitrogen and oxygen atoms in total. The molecule has 3 aliphatic rings. The maximum atomic E-state index is 13.7. The van der Waals surface area contributed by atoms with Gasteiger partial charge >= 0.3 is 0 Å². The fraction of sp³-hybridized carbons (Fsp3) is 0.375. The molecule has 1 spiro atoms. The summed E-state index contributed by atoms with van der Waals surface area (Å²) >= 11 is 11.5. The summed E-state index contributed by atoms with van der Waals surface area (Å²) < 4.78 is -0.783. The maximum Gasteiger partial charge on any atom is 0.248 e. The number of para-hydroxylation sites is 2. The Balaban J connectivity index is 1.49. The number of β-amino-alcohol motifs (C(OH)–C–C–N with tert-alkyl or cyclic N) is 1. The molecule has 34 heavy (non-hydrogen) atoms. The highest BCUT2D eigenvalue weighted by Gasteiger charge is 2.75. The Morgan fingerprint density at radius 2 is 1.82 bits per heavy atom. The summed E-state index contributed by atoms with van der Waals surface area (Å²) in [6, 6.07) is 15.2. The van der Waals surface area contributed by atoms with Crippen LogP contribution in [0.15, 0.2) is 54.6 Å². The van der Waals surface area contributed by atoms with Gasteiger partial charge in [0.2, 0.25) is 17.7 Å². The zero-order chi connectivity index (χ0) is 24.0. The molecule has 0 saturated carbocycles. The quantitative estimate of drug-likeness (QED) is 0.468. The van der Waals surface area contributed by atoms with Crippen LogP contribution in [0.5, 0.6) is 0 Å². The molecule has 3 fully saturated rings. The number of rotatable bonds is 6. The second-order valence-corrected chi connectivity index (χ2v) is 11.9. The predicted octanol–water partition coefficient (Wildman–Crippen LogP) is 3.37. The molecule has 0 radical (unpaired) electrons. The molecule has 2 bridgehead atoms. The van der Waals surface area contributed by atoms with Crippen molar-refractivity contribution >= 4 is 68.4 Å². The summed E-state index contributed by atoms with van der Waals surface area (Å²) in [4.78, 5) is 42.1. The van der Waals surface area contributed by atoms with Gasteiger partial charge in [-0.25, -0.2) is 0 Å². The minimum atomic E-state index is -0.835. The van der Waals surface area contributed by atoms with Crippen LogP contribution in [-0.2, 0) is 14.4 Å². The van der Waals surface area contributed by atoms with Gasteiger partial charge in [0.1, 0.15) is 6.04 Å². The van der Waals surface area contributed by atoms with E-state index < -0.39 is 22.6 Å². The second kappa shape index (κ2) is 9.18. The molecule has 0 aromatic heterocycles. The van der Waals surface area contributed by atoms with Crippen LogP contribution >= 0.6 is 39.3 Å². The standard InChI is InChI=1S/C24H23BrClN3O4S/c25-14-12-24-18(17(19(14)34-24)21(31)27-13-6-2-1-3-7-13)23(33)29(10-11-30)20(24)22(32)28-16-9-5-4-8-15(16)26/h1-9,14,17-20,30H,10-12H2,(H,27,31)(H,28,32)/t14?,17-,18-,19-,20?,24?/m0/s1. The lowest BCUT2D eigenvalue weighted by molar-refractivity contribution is -0.138. The van der Waals surface area contributed by atoms with Crippen molar-refractivity contribution in [1.82, 2.24) is 4.90 Å². The van der Waals surface area contributed by atoms with Crippen LogP contribution in [0.3, 0.4) is 0 Å². The van der Waals surface area contributed by atoms with Crippen molar-refractivity contribution in [3.05, 3.63) is 59.6 Å². The Kier molecular flexibility index (Phi) is 6.39. The highest BCUT2D eigenvalue weighted by Crippen LogP contribution is 2.67. The number of likely N-dealkylation sites (tertiary alicyclic amines) is 1. The number of hydrogen-bond donors (Lipinski definition) is 3. The first-order chi connectivity index (χ1) is 16.4. The Labute approximate surface area is 214 Å². The molecule has 5 rings (SSSR count). The maximum absolute atomic E-state index is 13.7. The van der Waals surface area contributed by atoms with Crippen molar-refractivity contribution in [3.63, 3.8) is 0 Å². The molecule has 3 amide bonds. The number of nitrogens with zero attached hydrogens (tertiary/aromatic N) is 1. The molecular formula is C24H23BrClN3O4S. The summed E-state index contributed by atoms with van der Waals surface area (Å²) in [6.45, 7) is -0.264. The first kappa shape index (κ1) is 23.7. The SMILES string of the molecule is O=C(Nc1ccccc1Cl)C1N(CCO)C(=O)[C@@H]2[C@H](C(=O)Nc3ccccc3)[C@H]3SC12CC3Br. The van der Waals surface area contributed by atoms with Gasteiger partial charge in [-0.05, 0) is 30.7 Å². The van der Waals surface area contributed by atoms with E-state index in [1.54, 1.807) is 48.2 Å². The molecule has 178 valence electrons. The van der Waals surface area contributed by atoms with E-state index >= 15 is 0 Å². The fourth-order valence-electron chi connectivity index (χ4n) is 5.59. The van der Waals surface area contributed by atoms with E-state index in [1.165, 1.54) is 4.90 Å². The Morgan fingerprint density at radius 1 is 1.12 bits per heavy atom. The number of aliphatic hydroxyl groups is 1. The number of aliphatic hydroxyl groups excluding tert-OH is 1. The third-order valence-corrected chi connectivity index (χ3v) is 10.4. The van der Waals surface area contributed by atoms with E-state index in [-0.39, 0.29) is 41.0 Å². The number of alkyl halides is 1. The van der Waals surface area contributed by atoms with Gasteiger partial charge < -0.3 is 20.6 Å². The van der Waals surface area contributed by atoms with Crippen LogP contribution in [0.2, 0.25) is 5.02 Å². The summed E-state index contributed by atoms with van der Waals surface area (Å²) in [7, 11) is 0.